The van der Waals surface area contributed by atoms with Crippen LogP contribution in [0.15, 0.2) is 77.7 Å². The number of nitrogens with zero attached hydrogens (tertiary/aromatic N) is 2. The molecule has 0 spiro atoms. The van der Waals surface area contributed by atoms with E-state index in [1.807, 2.05) is 31.2 Å². The number of sulfonamides is 1. The van der Waals surface area contributed by atoms with Gasteiger partial charge >= 0.3 is 0 Å². The standard InChI is InChI=1S/C26H30ClN3O3S/c1-4-29(5-2)23-13-11-21(12-14-23)18-28-26(31)19-30(24-8-6-7-22(27)17-24)34(32,33)25-15-9-20(3)10-16-25/h6-17H,4-5,18-19H2,1-3H3,(H,28,31). The lowest BCUT2D eigenvalue weighted by Gasteiger charge is -2.24. The van der Waals surface area contributed by atoms with E-state index in [9.17, 15) is 13.2 Å². The van der Waals surface area contributed by atoms with E-state index in [4.69, 9.17) is 11.6 Å². The molecule has 3 rings (SSSR count). The maximum atomic E-state index is 13.4. The average molecular weight is 500 g/mol. The van der Waals surface area contributed by atoms with Crippen molar-refractivity contribution in [1.82, 2.24) is 5.32 Å². The number of nitrogens with one attached hydrogen (secondary N) is 1. The third-order valence-corrected chi connectivity index (χ3v) is 7.57. The Kier molecular flexibility index (Phi) is 8.58. The zero-order valence-corrected chi connectivity index (χ0v) is 21.2. The molecule has 34 heavy (non-hydrogen) atoms. The van der Waals surface area contributed by atoms with Crippen LogP contribution < -0.4 is 14.5 Å². The van der Waals surface area contributed by atoms with Gasteiger partial charge in [-0.2, -0.15) is 0 Å². The van der Waals surface area contributed by atoms with Crippen molar-refractivity contribution in [2.75, 3.05) is 28.8 Å². The number of benzene rings is 3. The van der Waals surface area contributed by atoms with Gasteiger partial charge in [-0.05, 0) is 68.8 Å². The highest BCUT2D eigenvalue weighted by molar-refractivity contribution is 7.92. The Morgan fingerprint density at radius 1 is 0.912 bits per heavy atom. The number of rotatable bonds is 10. The quantitative estimate of drug-likeness (QED) is 0.426. The largest absolute Gasteiger partial charge is 0.372 e. The maximum absolute atomic E-state index is 13.4. The van der Waals surface area contributed by atoms with Crippen LogP contribution in [-0.4, -0.2) is 34.0 Å². The molecule has 0 unspecified atom stereocenters. The molecule has 0 atom stereocenters. The smallest absolute Gasteiger partial charge is 0.264 e. The number of carbonyl (C=O) groups excluding carboxylic acids is 1. The second-order valence-electron chi connectivity index (χ2n) is 7.92. The number of hydrogen-bond acceptors (Lipinski definition) is 4. The first-order valence-corrected chi connectivity index (χ1v) is 13.0. The van der Waals surface area contributed by atoms with Crippen molar-refractivity contribution in [1.29, 1.82) is 0 Å². The lowest BCUT2D eigenvalue weighted by atomic mass is 10.2. The van der Waals surface area contributed by atoms with Gasteiger partial charge in [-0.3, -0.25) is 9.10 Å². The molecular weight excluding hydrogens is 470 g/mol. The molecule has 0 aliphatic heterocycles. The average Bonchev–Trinajstić information content (AvgIpc) is 2.83. The van der Waals surface area contributed by atoms with Crippen LogP contribution in [0.3, 0.4) is 0 Å². The van der Waals surface area contributed by atoms with E-state index in [-0.39, 0.29) is 11.4 Å². The molecular formula is C26H30ClN3O3S. The monoisotopic (exact) mass is 499 g/mol. The van der Waals surface area contributed by atoms with Crippen molar-refractivity contribution in [3.63, 3.8) is 0 Å². The van der Waals surface area contributed by atoms with Crippen molar-refractivity contribution in [2.45, 2.75) is 32.2 Å². The van der Waals surface area contributed by atoms with E-state index >= 15 is 0 Å². The maximum Gasteiger partial charge on any atom is 0.264 e. The molecule has 3 aromatic carbocycles. The third-order valence-electron chi connectivity index (χ3n) is 5.55. The van der Waals surface area contributed by atoms with Crippen LogP contribution in [0.2, 0.25) is 5.02 Å². The lowest BCUT2D eigenvalue weighted by molar-refractivity contribution is -0.119. The zero-order chi connectivity index (χ0) is 24.7. The fourth-order valence-corrected chi connectivity index (χ4v) is 5.18. The Labute approximate surface area is 207 Å². The van der Waals surface area contributed by atoms with Crippen LogP contribution in [0.4, 0.5) is 11.4 Å². The molecule has 8 heteroatoms. The van der Waals surface area contributed by atoms with Gasteiger partial charge in [-0.25, -0.2) is 8.42 Å². The highest BCUT2D eigenvalue weighted by Crippen LogP contribution is 2.26. The summed E-state index contributed by atoms with van der Waals surface area (Å²) < 4.78 is 27.9. The molecule has 0 saturated heterocycles. The summed E-state index contributed by atoms with van der Waals surface area (Å²) in [6.07, 6.45) is 0. The first kappa shape index (κ1) is 25.6. The molecule has 0 saturated carbocycles. The van der Waals surface area contributed by atoms with Crippen molar-refractivity contribution in [3.05, 3.63) is 88.9 Å². The highest BCUT2D eigenvalue weighted by Gasteiger charge is 2.27. The molecule has 0 radical (unpaired) electrons. The molecule has 3 aromatic rings. The van der Waals surface area contributed by atoms with E-state index in [1.165, 1.54) is 18.2 Å². The second kappa shape index (κ2) is 11.4. The molecule has 0 bridgehead atoms. The Morgan fingerprint density at radius 2 is 1.56 bits per heavy atom. The highest BCUT2D eigenvalue weighted by atomic mass is 35.5. The van der Waals surface area contributed by atoms with Crippen LogP contribution in [-0.2, 0) is 21.4 Å². The van der Waals surface area contributed by atoms with Crippen molar-refractivity contribution >= 4 is 38.9 Å². The molecule has 1 N–H and O–H groups in total. The van der Waals surface area contributed by atoms with Crippen LogP contribution >= 0.6 is 11.6 Å². The fraction of sp³-hybridized carbons (Fsp3) is 0.269. The Morgan fingerprint density at radius 3 is 2.15 bits per heavy atom. The number of carbonyl (C=O) groups is 1. The van der Waals surface area contributed by atoms with Crippen LogP contribution in [0.5, 0.6) is 0 Å². The van der Waals surface area contributed by atoms with E-state index < -0.39 is 15.9 Å². The predicted molar refractivity (Wildman–Crippen MR) is 139 cm³/mol. The number of halogens is 1. The van der Waals surface area contributed by atoms with E-state index in [0.717, 1.165) is 34.2 Å². The summed E-state index contributed by atoms with van der Waals surface area (Å²) in [4.78, 5) is 15.2. The van der Waals surface area contributed by atoms with Crippen molar-refractivity contribution in [3.8, 4) is 0 Å². The molecule has 0 heterocycles. The minimum Gasteiger partial charge on any atom is -0.372 e. The summed E-state index contributed by atoms with van der Waals surface area (Å²) in [7, 11) is -3.98. The lowest BCUT2D eigenvalue weighted by Crippen LogP contribution is -2.40. The Balaban J connectivity index is 1.77. The van der Waals surface area contributed by atoms with Gasteiger partial charge < -0.3 is 10.2 Å². The van der Waals surface area contributed by atoms with E-state index in [0.29, 0.717) is 17.3 Å². The number of anilines is 2. The number of amides is 1. The summed E-state index contributed by atoms with van der Waals surface area (Å²) in [5, 5.41) is 3.22. The number of aryl methyl sites for hydroxylation is 1. The molecule has 0 fully saturated rings. The van der Waals surface area contributed by atoms with Gasteiger partial charge in [0, 0.05) is 30.3 Å². The van der Waals surface area contributed by atoms with Gasteiger partial charge in [0.2, 0.25) is 5.91 Å². The van der Waals surface area contributed by atoms with Crippen LogP contribution in [0, 0.1) is 6.92 Å². The first-order valence-electron chi connectivity index (χ1n) is 11.2. The van der Waals surface area contributed by atoms with Gasteiger partial charge in [0.1, 0.15) is 6.54 Å². The molecule has 6 nitrogen and oxygen atoms in total. The summed E-state index contributed by atoms with van der Waals surface area (Å²) in [5.74, 6) is -0.413. The Hall–Kier alpha value is -3.03. The summed E-state index contributed by atoms with van der Waals surface area (Å²) >= 11 is 6.11. The number of hydrogen-bond donors (Lipinski definition) is 1. The summed E-state index contributed by atoms with van der Waals surface area (Å²) in [6.45, 7) is 7.86. The molecule has 0 aromatic heterocycles. The van der Waals surface area contributed by atoms with Gasteiger partial charge in [0.15, 0.2) is 0 Å². The molecule has 0 aliphatic rings. The van der Waals surface area contributed by atoms with Gasteiger partial charge in [0.05, 0.1) is 10.6 Å². The van der Waals surface area contributed by atoms with E-state index in [1.54, 1.807) is 30.3 Å². The second-order valence-corrected chi connectivity index (χ2v) is 10.2. The topological polar surface area (TPSA) is 69.7 Å². The Bertz CT molecular complexity index is 1210. The van der Waals surface area contributed by atoms with Crippen LogP contribution in [0.25, 0.3) is 0 Å². The van der Waals surface area contributed by atoms with Crippen molar-refractivity contribution < 1.29 is 13.2 Å². The van der Waals surface area contributed by atoms with Gasteiger partial charge in [0.25, 0.3) is 10.0 Å². The molecule has 180 valence electrons. The molecule has 1 amide bonds. The van der Waals surface area contributed by atoms with Crippen molar-refractivity contribution in [2.24, 2.45) is 0 Å². The van der Waals surface area contributed by atoms with Crippen LogP contribution in [0.1, 0.15) is 25.0 Å². The summed E-state index contributed by atoms with van der Waals surface area (Å²) in [6, 6.07) is 21.0. The van der Waals surface area contributed by atoms with Gasteiger partial charge in [-0.15, -0.1) is 0 Å². The fourth-order valence-electron chi connectivity index (χ4n) is 3.58. The van der Waals surface area contributed by atoms with E-state index in [2.05, 4.69) is 24.1 Å². The molecule has 0 aliphatic carbocycles. The summed E-state index contributed by atoms with van der Waals surface area (Å²) in [5.41, 5.74) is 3.32. The van der Waals surface area contributed by atoms with Gasteiger partial charge in [-0.1, -0.05) is 47.5 Å². The minimum atomic E-state index is -3.98. The first-order chi connectivity index (χ1) is 16.2. The normalized spacial score (nSPS) is 11.2. The third kappa shape index (κ3) is 6.30. The predicted octanol–water partition coefficient (Wildman–Crippen LogP) is 5.01. The minimum absolute atomic E-state index is 0.109. The SMILES string of the molecule is CCN(CC)c1ccc(CNC(=O)CN(c2cccc(Cl)c2)S(=O)(=O)c2ccc(C)cc2)cc1. The zero-order valence-electron chi connectivity index (χ0n) is 19.7.